The van der Waals surface area contributed by atoms with Crippen LogP contribution in [0.25, 0.3) is 0 Å². The molecule has 1 amide bonds. The van der Waals surface area contributed by atoms with E-state index in [1.165, 1.54) is 25.7 Å². The van der Waals surface area contributed by atoms with Gasteiger partial charge in [-0.15, -0.1) is 0 Å². The number of hydrogen-bond acceptors (Lipinski definition) is 2. The van der Waals surface area contributed by atoms with Crippen LogP contribution in [0.2, 0.25) is 5.02 Å². The van der Waals surface area contributed by atoms with E-state index in [4.69, 9.17) is 11.6 Å². The lowest BCUT2D eigenvalue weighted by atomic mass is 10.0. The highest BCUT2D eigenvalue weighted by molar-refractivity contribution is 6.33. The minimum Gasteiger partial charge on any atom is -0.351 e. The average molecular weight is 265 g/mol. The number of pyridine rings is 1. The maximum Gasteiger partial charge on any atom is 0.254 e. The third-order valence-electron chi connectivity index (χ3n) is 4.17. The van der Waals surface area contributed by atoms with E-state index in [-0.39, 0.29) is 5.91 Å². The Labute approximate surface area is 112 Å². The number of aryl methyl sites for hydroxylation is 1. The number of aromatic nitrogens is 1. The van der Waals surface area contributed by atoms with Crippen LogP contribution in [0.1, 0.15) is 41.7 Å². The monoisotopic (exact) mass is 264 g/mol. The number of amides is 1. The van der Waals surface area contributed by atoms with Crippen LogP contribution in [-0.2, 0) is 0 Å². The summed E-state index contributed by atoms with van der Waals surface area (Å²) in [5, 5.41) is 3.50. The SMILES string of the molecule is Cc1cc(Cl)c(C(=O)NCC2(C3CC3)CC2)cn1. The van der Waals surface area contributed by atoms with Gasteiger partial charge in [-0.25, -0.2) is 0 Å². The molecule has 0 aliphatic heterocycles. The average Bonchev–Trinajstić information content (AvgIpc) is 3.17. The largest absolute Gasteiger partial charge is 0.351 e. The van der Waals surface area contributed by atoms with Crippen molar-refractivity contribution >= 4 is 17.5 Å². The van der Waals surface area contributed by atoms with Crippen molar-refractivity contribution < 1.29 is 4.79 Å². The summed E-state index contributed by atoms with van der Waals surface area (Å²) < 4.78 is 0. The molecule has 18 heavy (non-hydrogen) atoms. The maximum absolute atomic E-state index is 12.1. The molecule has 4 heteroatoms. The van der Waals surface area contributed by atoms with Gasteiger partial charge in [-0.3, -0.25) is 9.78 Å². The molecule has 0 bridgehead atoms. The van der Waals surface area contributed by atoms with Crippen molar-refractivity contribution in [1.29, 1.82) is 0 Å². The highest BCUT2D eigenvalue weighted by Gasteiger charge is 2.53. The molecule has 2 aliphatic carbocycles. The van der Waals surface area contributed by atoms with E-state index in [2.05, 4.69) is 10.3 Å². The van der Waals surface area contributed by atoms with Crippen molar-refractivity contribution in [1.82, 2.24) is 10.3 Å². The minimum atomic E-state index is -0.0978. The molecule has 0 spiro atoms. The van der Waals surface area contributed by atoms with Gasteiger partial charge in [0.15, 0.2) is 0 Å². The molecule has 0 saturated heterocycles. The maximum atomic E-state index is 12.1. The van der Waals surface area contributed by atoms with Crippen LogP contribution in [0.3, 0.4) is 0 Å². The summed E-state index contributed by atoms with van der Waals surface area (Å²) in [6.45, 7) is 2.65. The van der Waals surface area contributed by atoms with E-state index in [1.807, 2.05) is 6.92 Å². The van der Waals surface area contributed by atoms with Crippen LogP contribution in [0, 0.1) is 18.3 Å². The van der Waals surface area contributed by atoms with Crippen LogP contribution in [0.5, 0.6) is 0 Å². The van der Waals surface area contributed by atoms with Crippen molar-refractivity contribution in [2.75, 3.05) is 6.54 Å². The lowest BCUT2D eigenvalue weighted by Gasteiger charge is -2.15. The predicted octanol–water partition coefficient (Wildman–Crippen LogP) is 2.96. The number of nitrogens with zero attached hydrogens (tertiary/aromatic N) is 1. The summed E-state index contributed by atoms with van der Waals surface area (Å²) >= 11 is 6.06. The molecular weight excluding hydrogens is 248 g/mol. The number of nitrogens with one attached hydrogen (secondary N) is 1. The molecule has 0 radical (unpaired) electrons. The lowest BCUT2D eigenvalue weighted by molar-refractivity contribution is 0.0942. The van der Waals surface area contributed by atoms with Gasteiger partial charge < -0.3 is 5.32 Å². The number of carbonyl (C=O) groups is 1. The zero-order chi connectivity index (χ0) is 12.8. The zero-order valence-corrected chi connectivity index (χ0v) is 11.3. The molecule has 2 fully saturated rings. The molecule has 0 aromatic carbocycles. The van der Waals surface area contributed by atoms with Gasteiger partial charge in [0.05, 0.1) is 10.6 Å². The highest BCUT2D eigenvalue weighted by Crippen LogP contribution is 2.60. The van der Waals surface area contributed by atoms with E-state index in [0.717, 1.165) is 18.2 Å². The van der Waals surface area contributed by atoms with Gasteiger partial charge in [0, 0.05) is 18.4 Å². The summed E-state index contributed by atoms with van der Waals surface area (Å²) in [4.78, 5) is 16.2. The molecule has 3 rings (SSSR count). The van der Waals surface area contributed by atoms with Crippen LogP contribution < -0.4 is 5.32 Å². The Kier molecular flexibility index (Phi) is 2.81. The summed E-state index contributed by atoms with van der Waals surface area (Å²) in [5.74, 6) is 0.754. The molecule has 96 valence electrons. The van der Waals surface area contributed by atoms with Crippen molar-refractivity contribution in [2.24, 2.45) is 11.3 Å². The van der Waals surface area contributed by atoms with Crippen LogP contribution in [0.15, 0.2) is 12.3 Å². The summed E-state index contributed by atoms with van der Waals surface area (Å²) in [6.07, 6.45) is 6.75. The second-order valence-electron chi connectivity index (χ2n) is 5.62. The molecule has 3 nitrogen and oxygen atoms in total. The molecule has 0 atom stereocenters. The predicted molar refractivity (Wildman–Crippen MR) is 70.7 cm³/mol. The van der Waals surface area contributed by atoms with E-state index in [9.17, 15) is 4.79 Å². The quantitative estimate of drug-likeness (QED) is 0.908. The van der Waals surface area contributed by atoms with Gasteiger partial charge in [0.2, 0.25) is 0 Å². The Morgan fingerprint density at radius 2 is 2.28 bits per heavy atom. The topological polar surface area (TPSA) is 42.0 Å². The molecule has 1 heterocycles. The van der Waals surface area contributed by atoms with E-state index in [0.29, 0.717) is 16.0 Å². The third kappa shape index (κ3) is 2.24. The van der Waals surface area contributed by atoms with Gasteiger partial charge in [-0.2, -0.15) is 0 Å². The first-order valence-corrected chi connectivity index (χ1v) is 6.89. The van der Waals surface area contributed by atoms with Gasteiger partial charge in [0.1, 0.15) is 0 Å². The Morgan fingerprint density at radius 1 is 1.56 bits per heavy atom. The van der Waals surface area contributed by atoms with Gasteiger partial charge in [-0.05, 0) is 50.0 Å². The molecule has 1 aromatic heterocycles. The van der Waals surface area contributed by atoms with Gasteiger partial charge in [-0.1, -0.05) is 11.6 Å². The summed E-state index contributed by atoms with van der Waals surface area (Å²) in [7, 11) is 0. The number of rotatable bonds is 4. The van der Waals surface area contributed by atoms with Gasteiger partial charge in [0.25, 0.3) is 5.91 Å². The molecule has 1 aromatic rings. The summed E-state index contributed by atoms with van der Waals surface area (Å²) in [6, 6.07) is 1.73. The molecule has 0 unspecified atom stereocenters. The fourth-order valence-corrected chi connectivity index (χ4v) is 2.92. The minimum absolute atomic E-state index is 0.0978. The zero-order valence-electron chi connectivity index (χ0n) is 10.5. The third-order valence-corrected chi connectivity index (χ3v) is 4.48. The van der Waals surface area contributed by atoms with Crippen molar-refractivity contribution in [3.63, 3.8) is 0 Å². The van der Waals surface area contributed by atoms with Crippen LogP contribution in [-0.4, -0.2) is 17.4 Å². The Hall–Kier alpha value is -1.09. The summed E-state index contributed by atoms with van der Waals surface area (Å²) in [5.41, 5.74) is 1.72. The van der Waals surface area contributed by atoms with Crippen molar-refractivity contribution in [2.45, 2.75) is 32.6 Å². The Morgan fingerprint density at radius 3 is 2.83 bits per heavy atom. The Bertz CT molecular complexity index is 493. The van der Waals surface area contributed by atoms with E-state index >= 15 is 0 Å². The fourth-order valence-electron chi connectivity index (χ4n) is 2.63. The second kappa shape index (κ2) is 4.23. The Balaban J connectivity index is 1.64. The second-order valence-corrected chi connectivity index (χ2v) is 6.03. The molecule has 2 aliphatic rings. The van der Waals surface area contributed by atoms with Crippen LogP contribution in [0.4, 0.5) is 0 Å². The first-order valence-electron chi connectivity index (χ1n) is 6.51. The van der Waals surface area contributed by atoms with Gasteiger partial charge >= 0.3 is 0 Å². The molecule has 2 saturated carbocycles. The lowest BCUT2D eigenvalue weighted by Crippen LogP contribution is -2.31. The number of carbonyl (C=O) groups excluding carboxylic acids is 1. The molecule has 1 N–H and O–H groups in total. The first-order chi connectivity index (χ1) is 8.61. The standard InChI is InChI=1S/C14H17ClN2O/c1-9-6-12(15)11(7-16-9)13(18)17-8-14(4-5-14)10-2-3-10/h6-7,10H,2-5,8H2,1H3,(H,17,18). The van der Waals surface area contributed by atoms with Crippen LogP contribution >= 0.6 is 11.6 Å². The fraction of sp³-hybridized carbons (Fsp3) is 0.571. The molecular formula is C14H17ClN2O. The van der Waals surface area contributed by atoms with Crippen molar-refractivity contribution in [3.05, 3.63) is 28.5 Å². The normalized spacial score (nSPS) is 20.6. The van der Waals surface area contributed by atoms with E-state index < -0.39 is 0 Å². The smallest absolute Gasteiger partial charge is 0.254 e. The van der Waals surface area contributed by atoms with Crippen molar-refractivity contribution in [3.8, 4) is 0 Å². The first kappa shape index (κ1) is 12.0. The number of halogens is 1. The highest BCUT2D eigenvalue weighted by atomic mass is 35.5. The van der Waals surface area contributed by atoms with E-state index in [1.54, 1.807) is 12.3 Å². The number of hydrogen-bond donors (Lipinski definition) is 1.